The molecule has 0 amide bonds. The fourth-order valence-corrected chi connectivity index (χ4v) is 2.88. The van der Waals surface area contributed by atoms with Crippen LogP contribution < -0.4 is 5.14 Å². The first-order valence-electron chi connectivity index (χ1n) is 5.95. The Morgan fingerprint density at radius 3 is 2.59 bits per heavy atom. The van der Waals surface area contributed by atoms with Gasteiger partial charge < -0.3 is 0 Å². The minimum atomic E-state index is -3.63. The maximum atomic E-state index is 11.2. The van der Waals surface area contributed by atoms with E-state index in [1.54, 1.807) is 10.9 Å². The molecule has 1 fully saturated rings. The SMILES string of the molecule is CC1CCC(n2cc(S(N)(=O)=O)cn2)CC1C. The Morgan fingerprint density at radius 2 is 2.06 bits per heavy atom. The van der Waals surface area contributed by atoms with Crippen LogP contribution in [-0.2, 0) is 10.0 Å². The van der Waals surface area contributed by atoms with Crippen molar-refractivity contribution in [2.24, 2.45) is 17.0 Å². The number of hydrogen-bond acceptors (Lipinski definition) is 3. The number of nitrogens with zero attached hydrogens (tertiary/aromatic N) is 2. The van der Waals surface area contributed by atoms with Crippen molar-refractivity contribution in [3.8, 4) is 0 Å². The lowest BCUT2D eigenvalue weighted by molar-refractivity contribution is 0.200. The van der Waals surface area contributed by atoms with Crippen LogP contribution in [0.2, 0.25) is 0 Å². The predicted octanol–water partition coefficient (Wildman–Crippen LogP) is 1.53. The van der Waals surface area contributed by atoms with Gasteiger partial charge in [0.2, 0.25) is 10.0 Å². The van der Waals surface area contributed by atoms with E-state index in [4.69, 9.17) is 5.14 Å². The zero-order valence-corrected chi connectivity index (χ0v) is 11.0. The minimum Gasteiger partial charge on any atom is -0.268 e. The maximum absolute atomic E-state index is 11.2. The molecule has 1 aromatic heterocycles. The van der Waals surface area contributed by atoms with Gasteiger partial charge in [-0.1, -0.05) is 13.8 Å². The van der Waals surface area contributed by atoms with E-state index in [0.717, 1.165) is 25.2 Å². The molecule has 3 unspecified atom stereocenters. The van der Waals surface area contributed by atoms with Gasteiger partial charge in [-0.15, -0.1) is 0 Å². The Kier molecular flexibility index (Phi) is 3.27. The summed E-state index contributed by atoms with van der Waals surface area (Å²) in [6, 6.07) is 0.302. The first-order chi connectivity index (χ1) is 7.88. The molecule has 1 aliphatic carbocycles. The van der Waals surface area contributed by atoms with E-state index in [0.29, 0.717) is 12.0 Å². The van der Waals surface area contributed by atoms with Crippen LogP contribution in [0.3, 0.4) is 0 Å². The van der Waals surface area contributed by atoms with E-state index >= 15 is 0 Å². The lowest BCUT2D eigenvalue weighted by Crippen LogP contribution is -2.23. The molecular formula is C11H19N3O2S. The summed E-state index contributed by atoms with van der Waals surface area (Å²) in [6.45, 7) is 4.50. The van der Waals surface area contributed by atoms with Crippen LogP contribution in [0.25, 0.3) is 0 Å². The summed E-state index contributed by atoms with van der Waals surface area (Å²) in [7, 11) is -3.63. The largest absolute Gasteiger partial charge is 0.268 e. The first kappa shape index (κ1) is 12.6. The second kappa shape index (κ2) is 4.42. The third-order valence-corrected chi connectivity index (χ3v) is 4.72. The van der Waals surface area contributed by atoms with E-state index in [9.17, 15) is 8.42 Å². The summed E-state index contributed by atoms with van der Waals surface area (Å²) >= 11 is 0. The molecule has 2 rings (SSSR count). The highest BCUT2D eigenvalue weighted by atomic mass is 32.2. The summed E-state index contributed by atoms with van der Waals surface area (Å²) in [5, 5.41) is 9.19. The Labute approximate surface area is 102 Å². The molecule has 6 heteroatoms. The maximum Gasteiger partial charge on any atom is 0.241 e. The minimum absolute atomic E-state index is 0.101. The van der Waals surface area contributed by atoms with Gasteiger partial charge in [0.25, 0.3) is 0 Å². The van der Waals surface area contributed by atoms with Gasteiger partial charge in [-0.25, -0.2) is 13.6 Å². The Morgan fingerprint density at radius 1 is 1.35 bits per heavy atom. The highest BCUT2D eigenvalue weighted by Crippen LogP contribution is 2.35. The smallest absolute Gasteiger partial charge is 0.241 e. The molecular weight excluding hydrogens is 238 g/mol. The molecule has 0 aromatic carbocycles. The second-order valence-corrected chi connectivity index (χ2v) is 6.68. The highest BCUT2D eigenvalue weighted by Gasteiger charge is 2.26. The van der Waals surface area contributed by atoms with Gasteiger partial charge >= 0.3 is 0 Å². The second-order valence-electron chi connectivity index (χ2n) is 5.12. The molecule has 5 nitrogen and oxygen atoms in total. The van der Waals surface area contributed by atoms with Gasteiger partial charge in [0.15, 0.2) is 0 Å². The molecule has 0 radical (unpaired) electrons. The van der Waals surface area contributed by atoms with Crippen molar-refractivity contribution in [1.29, 1.82) is 0 Å². The monoisotopic (exact) mass is 257 g/mol. The zero-order chi connectivity index (χ0) is 12.6. The average molecular weight is 257 g/mol. The quantitative estimate of drug-likeness (QED) is 0.872. The average Bonchev–Trinajstić information content (AvgIpc) is 2.70. The lowest BCUT2D eigenvalue weighted by Gasteiger charge is -2.32. The number of hydrogen-bond donors (Lipinski definition) is 1. The molecule has 0 bridgehead atoms. The lowest BCUT2D eigenvalue weighted by atomic mass is 9.79. The third kappa shape index (κ3) is 2.69. The molecule has 1 saturated carbocycles. The normalized spacial score (nSPS) is 30.4. The van der Waals surface area contributed by atoms with Gasteiger partial charge in [0.1, 0.15) is 4.90 Å². The summed E-state index contributed by atoms with van der Waals surface area (Å²) in [5.41, 5.74) is 0. The third-order valence-electron chi connectivity index (χ3n) is 3.85. The number of primary sulfonamides is 1. The zero-order valence-electron chi connectivity index (χ0n) is 10.2. The van der Waals surface area contributed by atoms with Crippen LogP contribution in [0.4, 0.5) is 0 Å². The Hall–Kier alpha value is -0.880. The van der Waals surface area contributed by atoms with Crippen molar-refractivity contribution >= 4 is 10.0 Å². The van der Waals surface area contributed by atoms with Gasteiger partial charge in [0.05, 0.1) is 12.2 Å². The van der Waals surface area contributed by atoms with Crippen molar-refractivity contribution in [2.75, 3.05) is 0 Å². The standard InChI is InChI=1S/C11H19N3O2S/c1-8-3-4-10(5-9(8)2)14-7-11(6-13-14)17(12,15)16/h6-10H,3-5H2,1-2H3,(H2,12,15,16). The molecule has 1 aromatic rings. The van der Waals surface area contributed by atoms with E-state index in [2.05, 4.69) is 18.9 Å². The van der Waals surface area contributed by atoms with Crippen LogP contribution in [0, 0.1) is 11.8 Å². The van der Waals surface area contributed by atoms with Crippen molar-refractivity contribution in [3.05, 3.63) is 12.4 Å². The topological polar surface area (TPSA) is 78.0 Å². The summed E-state index contributed by atoms with van der Waals surface area (Å²) < 4.78 is 24.1. The molecule has 3 atom stereocenters. The number of nitrogens with two attached hydrogens (primary N) is 1. The van der Waals surface area contributed by atoms with Crippen LogP contribution in [0.5, 0.6) is 0 Å². The molecule has 0 aliphatic heterocycles. The first-order valence-corrected chi connectivity index (χ1v) is 7.49. The highest BCUT2D eigenvalue weighted by molar-refractivity contribution is 7.89. The van der Waals surface area contributed by atoms with Gasteiger partial charge in [-0.2, -0.15) is 5.10 Å². The van der Waals surface area contributed by atoms with Crippen molar-refractivity contribution < 1.29 is 8.42 Å². The summed E-state index contributed by atoms with van der Waals surface area (Å²) in [5.74, 6) is 1.38. The van der Waals surface area contributed by atoms with E-state index in [-0.39, 0.29) is 4.90 Å². The molecule has 2 N–H and O–H groups in total. The van der Waals surface area contributed by atoms with Crippen LogP contribution in [-0.4, -0.2) is 18.2 Å². The molecule has 96 valence electrons. The fourth-order valence-electron chi connectivity index (χ4n) is 2.43. The summed E-state index contributed by atoms with van der Waals surface area (Å²) in [4.78, 5) is 0.101. The van der Waals surface area contributed by atoms with Crippen molar-refractivity contribution in [1.82, 2.24) is 9.78 Å². The van der Waals surface area contributed by atoms with E-state index < -0.39 is 10.0 Å². The van der Waals surface area contributed by atoms with E-state index in [1.807, 2.05) is 0 Å². The van der Waals surface area contributed by atoms with Gasteiger partial charge in [-0.3, -0.25) is 4.68 Å². The Balaban J connectivity index is 2.16. The van der Waals surface area contributed by atoms with Crippen LogP contribution >= 0.6 is 0 Å². The molecule has 0 spiro atoms. The van der Waals surface area contributed by atoms with Gasteiger partial charge in [0, 0.05) is 6.20 Å². The van der Waals surface area contributed by atoms with Crippen LogP contribution in [0.1, 0.15) is 39.2 Å². The molecule has 1 aliphatic rings. The van der Waals surface area contributed by atoms with Crippen molar-refractivity contribution in [3.63, 3.8) is 0 Å². The molecule has 1 heterocycles. The summed E-state index contributed by atoms with van der Waals surface area (Å²) in [6.07, 6.45) is 6.14. The fraction of sp³-hybridized carbons (Fsp3) is 0.727. The Bertz CT molecular complexity index is 495. The number of aromatic nitrogens is 2. The van der Waals surface area contributed by atoms with Crippen molar-refractivity contribution in [2.45, 2.75) is 44.0 Å². The molecule has 17 heavy (non-hydrogen) atoms. The predicted molar refractivity (Wildman–Crippen MR) is 64.8 cm³/mol. The van der Waals surface area contributed by atoms with Gasteiger partial charge in [-0.05, 0) is 31.1 Å². The van der Waals surface area contributed by atoms with Crippen LogP contribution in [0.15, 0.2) is 17.3 Å². The van der Waals surface area contributed by atoms with E-state index in [1.165, 1.54) is 6.20 Å². The molecule has 0 saturated heterocycles. The number of sulfonamides is 1. The number of rotatable bonds is 2.